The van der Waals surface area contributed by atoms with Crippen LogP contribution < -0.4 is 10.6 Å². The minimum atomic E-state index is -0.0911. The molecule has 2 aromatic rings. The molecule has 5 heteroatoms. The summed E-state index contributed by atoms with van der Waals surface area (Å²) in [6.45, 7) is 1.92. The van der Waals surface area contributed by atoms with Crippen LogP contribution in [0.15, 0.2) is 42.6 Å². The number of carbonyl (C=O) groups is 1. The monoisotopic (exact) mass is 270 g/mol. The van der Waals surface area contributed by atoms with E-state index in [-0.39, 0.29) is 11.9 Å². The summed E-state index contributed by atoms with van der Waals surface area (Å²) in [7, 11) is 0. The van der Waals surface area contributed by atoms with Crippen molar-refractivity contribution in [2.75, 3.05) is 13.1 Å². The summed E-state index contributed by atoms with van der Waals surface area (Å²) in [4.78, 5) is 12.2. The third-order valence-corrected chi connectivity index (χ3v) is 3.52. The highest BCUT2D eigenvalue weighted by atomic mass is 16.2. The fourth-order valence-corrected chi connectivity index (χ4v) is 2.40. The van der Waals surface area contributed by atoms with Crippen molar-refractivity contribution < 1.29 is 4.79 Å². The van der Waals surface area contributed by atoms with E-state index in [4.69, 9.17) is 0 Å². The molecule has 0 radical (unpaired) electrons. The first-order valence-corrected chi connectivity index (χ1v) is 6.95. The van der Waals surface area contributed by atoms with Gasteiger partial charge in [0.05, 0.1) is 5.69 Å². The molecule has 1 aromatic heterocycles. The van der Waals surface area contributed by atoms with Gasteiger partial charge in [0, 0.05) is 12.2 Å². The quantitative estimate of drug-likeness (QED) is 0.885. The molecule has 0 spiro atoms. The van der Waals surface area contributed by atoms with Crippen LogP contribution in [-0.2, 0) is 0 Å². The Balaban J connectivity index is 1.68. The second kappa shape index (κ2) is 5.88. The van der Waals surface area contributed by atoms with Crippen LogP contribution in [0.1, 0.15) is 23.3 Å². The second-order valence-corrected chi connectivity index (χ2v) is 4.98. The van der Waals surface area contributed by atoms with Crippen LogP contribution in [0.3, 0.4) is 0 Å². The Bertz CT molecular complexity index is 573. The van der Waals surface area contributed by atoms with Crippen molar-refractivity contribution in [1.82, 2.24) is 20.4 Å². The highest BCUT2D eigenvalue weighted by Crippen LogP contribution is 2.08. The summed E-state index contributed by atoms with van der Waals surface area (Å²) in [6.07, 6.45) is 3.77. The zero-order chi connectivity index (χ0) is 13.8. The molecule has 104 valence electrons. The lowest BCUT2D eigenvalue weighted by molar-refractivity contribution is 0.0924. The van der Waals surface area contributed by atoms with Gasteiger partial charge in [0.25, 0.3) is 5.91 Å². The second-order valence-electron chi connectivity index (χ2n) is 4.98. The molecule has 0 bridgehead atoms. The highest BCUT2D eigenvalue weighted by molar-refractivity contribution is 5.92. The normalized spacial score (nSPS) is 16.0. The smallest absolute Gasteiger partial charge is 0.272 e. The standard InChI is InChI=1S/C15H18N4O/c20-15(17-12-6-9-16-10-7-12)14-8-11-19(18-14)13-4-2-1-3-5-13/h1-5,8,11-12,16H,6-7,9-10H2,(H,17,20). The van der Waals surface area contributed by atoms with Gasteiger partial charge in [-0.3, -0.25) is 4.79 Å². The van der Waals surface area contributed by atoms with Gasteiger partial charge in [-0.1, -0.05) is 18.2 Å². The summed E-state index contributed by atoms with van der Waals surface area (Å²) in [6, 6.07) is 11.8. The Hall–Kier alpha value is -2.14. The zero-order valence-electron chi connectivity index (χ0n) is 11.2. The van der Waals surface area contributed by atoms with Gasteiger partial charge in [-0.05, 0) is 44.1 Å². The first kappa shape index (κ1) is 12.9. The number of para-hydroxylation sites is 1. The van der Waals surface area contributed by atoms with E-state index in [0.717, 1.165) is 31.6 Å². The molecule has 5 nitrogen and oxygen atoms in total. The van der Waals surface area contributed by atoms with E-state index in [2.05, 4.69) is 15.7 Å². The molecule has 2 heterocycles. The zero-order valence-corrected chi connectivity index (χ0v) is 11.2. The van der Waals surface area contributed by atoms with E-state index < -0.39 is 0 Å². The van der Waals surface area contributed by atoms with Gasteiger partial charge in [0.2, 0.25) is 0 Å². The summed E-state index contributed by atoms with van der Waals surface area (Å²) in [5.74, 6) is -0.0911. The van der Waals surface area contributed by atoms with Gasteiger partial charge in [-0.25, -0.2) is 4.68 Å². The molecule has 1 saturated heterocycles. The number of aromatic nitrogens is 2. The number of rotatable bonds is 3. The molecule has 3 rings (SSSR count). The molecule has 0 saturated carbocycles. The van der Waals surface area contributed by atoms with Crippen molar-refractivity contribution in [3.05, 3.63) is 48.3 Å². The lowest BCUT2D eigenvalue weighted by Gasteiger charge is -2.23. The summed E-state index contributed by atoms with van der Waals surface area (Å²) in [5.41, 5.74) is 1.42. The molecule has 1 amide bonds. The van der Waals surface area contributed by atoms with Gasteiger partial charge in [-0.15, -0.1) is 0 Å². The molecule has 1 fully saturated rings. The lowest BCUT2D eigenvalue weighted by atomic mass is 10.1. The molecule has 1 aliphatic rings. The fraction of sp³-hybridized carbons (Fsp3) is 0.333. The third-order valence-electron chi connectivity index (χ3n) is 3.52. The van der Waals surface area contributed by atoms with Crippen molar-refractivity contribution >= 4 is 5.91 Å². The fourth-order valence-electron chi connectivity index (χ4n) is 2.40. The van der Waals surface area contributed by atoms with Gasteiger partial charge < -0.3 is 10.6 Å². The van der Waals surface area contributed by atoms with Gasteiger partial charge >= 0.3 is 0 Å². The molecule has 0 aliphatic carbocycles. The first-order chi connectivity index (χ1) is 9.83. The molecular formula is C15H18N4O. The number of nitrogens with one attached hydrogen (secondary N) is 2. The van der Waals surface area contributed by atoms with Crippen molar-refractivity contribution in [3.8, 4) is 5.69 Å². The minimum absolute atomic E-state index is 0.0911. The van der Waals surface area contributed by atoms with Crippen LogP contribution in [0.5, 0.6) is 0 Å². The Morgan fingerprint density at radius 3 is 2.70 bits per heavy atom. The van der Waals surface area contributed by atoms with Crippen molar-refractivity contribution in [2.24, 2.45) is 0 Å². The third kappa shape index (κ3) is 2.88. The summed E-state index contributed by atoms with van der Waals surface area (Å²) < 4.78 is 1.72. The number of amides is 1. The van der Waals surface area contributed by atoms with Crippen LogP contribution in [0.25, 0.3) is 5.69 Å². The van der Waals surface area contributed by atoms with Crippen molar-refractivity contribution in [1.29, 1.82) is 0 Å². The molecule has 2 N–H and O–H groups in total. The number of nitrogens with zero attached hydrogens (tertiary/aromatic N) is 2. The van der Waals surface area contributed by atoms with E-state index in [1.165, 1.54) is 0 Å². The number of hydrogen-bond donors (Lipinski definition) is 2. The van der Waals surface area contributed by atoms with Gasteiger partial charge in [0.1, 0.15) is 0 Å². The molecule has 20 heavy (non-hydrogen) atoms. The maximum absolute atomic E-state index is 12.2. The Morgan fingerprint density at radius 2 is 1.95 bits per heavy atom. The van der Waals surface area contributed by atoms with E-state index in [9.17, 15) is 4.79 Å². The molecule has 1 aromatic carbocycles. The molecule has 1 aliphatic heterocycles. The van der Waals surface area contributed by atoms with E-state index in [1.54, 1.807) is 10.7 Å². The number of piperidine rings is 1. The average molecular weight is 270 g/mol. The van der Waals surface area contributed by atoms with Crippen molar-refractivity contribution in [2.45, 2.75) is 18.9 Å². The largest absolute Gasteiger partial charge is 0.348 e. The Kier molecular flexibility index (Phi) is 3.78. The highest BCUT2D eigenvalue weighted by Gasteiger charge is 2.17. The van der Waals surface area contributed by atoms with Crippen LogP contribution in [0.2, 0.25) is 0 Å². The van der Waals surface area contributed by atoms with Crippen molar-refractivity contribution in [3.63, 3.8) is 0 Å². The SMILES string of the molecule is O=C(NC1CCNCC1)c1ccn(-c2ccccc2)n1. The van der Waals surface area contributed by atoms with E-state index in [0.29, 0.717) is 5.69 Å². The summed E-state index contributed by atoms with van der Waals surface area (Å²) >= 11 is 0. The van der Waals surface area contributed by atoms with Crippen LogP contribution in [-0.4, -0.2) is 34.8 Å². The molecule has 0 atom stereocenters. The van der Waals surface area contributed by atoms with Crippen LogP contribution in [0, 0.1) is 0 Å². The number of hydrogen-bond acceptors (Lipinski definition) is 3. The Labute approximate surface area is 118 Å². The molecule has 0 unspecified atom stereocenters. The van der Waals surface area contributed by atoms with Crippen LogP contribution in [0.4, 0.5) is 0 Å². The number of carbonyl (C=O) groups excluding carboxylic acids is 1. The lowest BCUT2D eigenvalue weighted by Crippen LogP contribution is -2.42. The predicted molar refractivity (Wildman–Crippen MR) is 76.9 cm³/mol. The van der Waals surface area contributed by atoms with Gasteiger partial charge in [0.15, 0.2) is 5.69 Å². The van der Waals surface area contributed by atoms with E-state index >= 15 is 0 Å². The van der Waals surface area contributed by atoms with E-state index in [1.807, 2.05) is 36.5 Å². The van der Waals surface area contributed by atoms with Crippen LogP contribution >= 0.6 is 0 Å². The summed E-state index contributed by atoms with van der Waals surface area (Å²) in [5, 5.41) is 10.7. The minimum Gasteiger partial charge on any atom is -0.348 e. The first-order valence-electron chi connectivity index (χ1n) is 6.95. The maximum Gasteiger partial charge on any atom is 0.272 e. The topological polar surface area (TPSA) is 59.0 Å². The molecular weight excluding hydrogens is 252 g/mol. The number of benzene rings is 1. The maximum atomic E-state index is 12.2. The predicted octanol–water partition coefficient (Wildman–Crippen LogP) is 1.35. The average Bonchev–Trinajstić information content (AvgIpc) is 2.99. The van der Waals surface area contributed by atoms with Gasteiger partial charge in [-0.2, -0.15) is 5.10 Å². The Morgan fingerprint density at radius 1 is 1.20 bits per heavy atom.